The van der Waals surface area contributed by atoms with E-state index in [1.807, 2.05) is 11.0 Å². The maximum Gasteiger partial charge on any atom is 0.432 e. The van der Waals surface area contributed by atoms with Crippen molar-refractivity contribution >= 4 is 11.6 Å². The van der Waals surface area contributed by atoms with E-state index in [-0.39, 0.29) is 24.2 Å². The van der Waals surface area contributed by atoms with E-state index in [2.05, 4.69) is 27.1 Å². The first-order valence-corrected chi connectivity index (χ1v) is 11.3. The van der Waals surface area contributed by atoms with Gasteiger partial charge in [-0.3, -0.25) is 9.69 Å². The molecule has 37 heavy (non-hydrogen) atoms. The lowest BCUT2D eigenvalue weighted by molar-refractivity contribution is -0.140. The lowest BCUT2D eigenvalue weighted by Crippen LogP contribution is -2.27. The fraction of sp³-hybridized carbons (Fsp3) is 0.269. The van der Waals surface area contributed by atoms with Gasteiger partial charge >= 0.3 is 12.1 Å². The number of β-amino-alcohol motifs (C(OH)–C–C–N with tert-alkyl or cyclic N) is 1. The molecule has 1 fully saturated rings. The number of ether oxygens (including phenoxy) is 1. The first-order valence-electron chi connectivity index (χ1n) is 11.3. The zero-order chi connectivity index (χ0) is 26.4. The van der Waals surface area contributed by atoms with E-state index in [4.69, 9.17) is 10.00 Å². The Morgan fingerprint density at radius 2 is 2.08 bits per heavy atom. The highest BCUT2D eigenvalue weighted by Crippen LogP contribution is 2.33. The summed E-state index contributed by atoms with van der Waals surface area (Å²) in [5.41, 5.74) is 0.386. The van der Waals surface area contributed by atoms with Gasteiger partial charge in [-0.25, -0.2) is 4.98 Å². The van der Waals surface area contributed by atoms with Crippen LogP contribution in [0.15, 0.2) is 48.7 Å². The van der Waals surface area contributed by atoms with Gasteiger partial charge in [0.1, 0.15) is 23.9 Å². The molecule has 1 atom stereocenters. The Morgan fingerprint density at radius 3 is 2.78 bits per heavy atom. The van der Waals surface area contributed by atoms with Gasteiger partial charge in [-0.2, -0.15) is 18.4 Å². The Hall–Kier alpha value is -4.32. The van der Waals surface area contributed by atoms with E-state index in [0.29, 0.717) is 48.1 Å². The summed E-state index contributed by atoms with van der Waals surface area (Å²) in [6, 6.07) is 13.0. The summed E-state index contributed by atoms with van der Waals surface area (Å²) in [6.45, 7) is 2.11. The minimum atomic E-state index is -4.58. The molecule has 3 N–H and O–H groups in total. The zero-order valence-electron chi connectivity index (χ0n) is 19.5. The van der Waals surface area contributed by atoms with E-state index in [0.717, 1.165) is 6.54 Å². The van der Waals surface area contributed by atoms with Crippen LogP contribution in [0.25, 0.3) is 11.4 Å². The third-order valence-corrected chi connectivity index (χ3v) is 5.61. The number of nitriles is 1. The summed E-state index contributed by atoms with van der Waals surface area (Å²) < 4.78 is 44.8. The Kier molecular flexibility index (Phi) is 7.77. The molecule has 4 rings (SSSR count). The number of nitrogens with zero attached hydrogens (tertiary/aromatic N) is 3. The fourth-order valence-electron chi connectivity index (χ4n) is 3.76. The number of amides is 1. The quantitative estimate of drug-likeness (QED) is 0.439. The van der Waals surface area contributed by atoms with Crippen molar-refractivity contribution in [2.75, 3.05) is 31.6 Å². The fourth-order valence-corrected chi connectivity index (χ4v) is 3.76. The molecule has 1 aliphatic heterocycles. The molecular formula is C26H22F3N5O3. The van der Waals surface area contributed by atoms with Crippen LogP contribution in [0.4, 0.5) is 18.9 Å². The maximum absolute atomic E-state index is 13.0. The second-order valence-electron chi connectivity index (χ2n) is 8.34. The van der Waals surface area contributed by atoms with E-state index < -0.39 is 17.8 Å². The van der Waals surface area contributed by atoms with Gasteiger partial charge in [0.15, 0.2) is 0 Å². The van der Waals surface area contributed by atoms with Gasteiger partial charge < -0.3 is 20.1 Å². The minimum Gasteiger partial charge on any atom is -0.490 e. The Morgan fingerprint density at radius 1 is 1.27 bits per heavy atom. The molecule has 2 heterocycles. The molecular weight excluding hydrogens is 487 g/mol. The number of nitrogens with one attached hydrogen (secondary N) is 2. The molecule has 0 radical (unpaired) electrons. The highest BCUT2D eigenvalue weighted by atomic mass is 19.4. The van der Waals surface area contributed by atoms with E-state index in [1.54, 1.807) is 24.3 Å². The van der Waals surface area contributed by atoms with E-state index in [9.17, 15) is 23.1 Å². The standard InChI is InChI=1S/C26H22F3N5O3/c27-26(28,29)23-15-31-25(33-23)19-5-6-22(37-11-10-34-9-8-20(35)16-34)21(13-19)32-24(36)7-4-17-2-1-3-18(12-17)14-30/h1-3,5-6,12-13,15,20,35H,8-11,16H2,(H,31,33)(H,32,36). The van der Waals surface area contributed by atoms with Crippen molar-refractivity contribution in [2.45, 2.75) is 18.7 Å². The van der Waals surface area contributed by atoms with Crippen LogP contribution < -0.4 is 10.1 Å². The zero-order valence-corrected chi connectivity index (χ0v) is 19.5. The molecule has 1 unspecified atom stereocenters. The summed E-state index contributed by atoms with van der Waals surface area (Å²) >= 11 is 0. The molecule has 0 saturated carbocycles. The molecule has 8 nitrogen and oxygen atoms in total. The number of anilines is 1. The average molecular weight is 509 g/mol. The molecule has 1 aliphatic rings. The summed E-state index contributed by atoms with van der Waals surface area (Å²) in [4.78, 5) is 20.7. The number of aliphatic hydroxyl groups excluding tert-OH is 1. The number of aromatic amines is 1. The number of halogens is 3. The maximum atomic E-state index is 13.0. The van der Waals surface area contributed by atoms with Crippen LogP contribution in [0.3, 0.4) is 0 Å². The predicted octanol–water partition coefficient (Wildman–Crippen LogP) is 3.40. The van der Waals surface area contributed by atoms with Crippen LogP contribution in [-0.4, -0.2) is 58.2 Å². The number of likely N-dealkylation sites (tertiary alicyclic amines) is 1. The summed E-state index contributed by atoms with van der Waals surface area (Å²) in [6.07, 6.45) is -3.55. The SMILES string of the molecule is N#Cc1cccc(C#CC(=O)Nc2cc(-c3ncc(C(F)(F)F)[nH]3)ccc2OCCN2CCC(O)C2)c1. The normalized spacial score (nSPS) is 15.5. The topological polar surface area (TPSA) is 114 Å². The number of carbonyl (C=O) groups is 1. The number of carbonyl (C=O) groups excluding carboxylic acids is 1. The van der Waals surface area contributed by atoms with Gasteiger partial charge in [-0.15, -0.1) is 0 Å². The lowest BCUT2D eigenvalue weighted by Gasteiger charge is -2.17. The van der Waals surface area contributed by atoms with Gasteiger partial charge in [0.05, 0.1) is 29.6 Å². The number of aromatic nitrogens is 2. The van der Waals surface area contributed by atoms with Crippen LogP contribution >= 0.6 is 0 Å². The van der Waals surface area contributed by atoms with Crippen LogP contribution in [0.5, 0.6) is 5.75 Å². The predicted molar refractivity (Wildman–Crippen MR) is 128 cm³/mol. The van der Waals surface area contributed by atoms with Gasteiger partial charge in [-0.05, 0) is 42.8 Å². The van der Waals surface area contributed by atoms with E-state index in [1.165, 1.54) is 18.2 Å². The Bertz CT molecular complexity index is 1380. The molecule has 1 saturated heterocycles. The van der Waals surface area contributed by atoms with Crippen molar-refractivity contribution in [3.63, 3.8) is 0 Å². The molecule has 3 aromatic rings. The minimum absolute atomic E-state index is 0.0279. The van der Waals surface area contributed by atoms with Gasteiger partial charge in [0, 0.05) is 36.7 Å². The molecule has 0 spiro atoms. The number of H-pyrrole nitrogens is 1. The summed E-state index contributed by atoms with van der Waals surface area (Å²) in [5, 5.41) is 21.3. The second kappa shape index (κ2) is 11.2. The Balaban J connectivity index is 1.54. The van der Waals surface area contributed by atoms with E-state index >= 15 is 0 Å². The molecule has 0 bridgehead atoms. The number of benzene rings is 2. The average Bonchev–Trinajstić information content (AvgIpc) is 3.53. The molecule has 0 aliphatic carbocycles. The van der Waals surface area contributed by atoms with Crippen molar-refractivity contribution in [3.05, 3.63) is 65.5 Å². The summed E-state index contributed by atoms with van der Waals surface area (Å²) in [7, 11) is 0. The number of hydrogen-bond donors (Lipinski definition) is 3. The molecule has 11 heteroatoms. The first kappa shape index (κ1) is 25.8. The largest absolute Gasteiger partial charge is 0.490 e. The van der Waals surface area contributed by atoms with Gasteiger partial charge in [0.2, 0.25) is 0 Å². The van der Waals surface area contributed by atoms with Crippen LogP contribution in [0, 0.1) is 23.2 Å². The van der Waals surface area contributed by atoms with Crippen molar-refractivity contribution in [2.24, 2.45) is 0 Å². The highest BCUT2D eigenvalue weighted by Gasteiger charge is 2.33. The third kappa shape index (κ3) is 6.88. The lowest BCUT2D eigenvalue weighted by atomic mass is 10.1. The van der Waals surface area contributed by atoms with Crippen molar-refractivity contribution < 1.29 is 27.8 Å². The number of alkyl halides is 3. The molecule has 190 valence electrons. The number of hydrogen-bond acceptors (Lipinski definition) is 6. The Labute approximate surface area is 210 Å². The molecule has 1 amide bonds. The van der Waals surface area contributed by atoms with Gasteiger partial charge in [0.25, 0.3) is 0 Å². The third-order valence-electron chi connectivity index (χ3n) is 5.61. The van der Waals surface area contributed by atoms with Crippen LogP contribution in [0.2, 0.25) is 0 Å². The van der Waals surface area contributed by atoms with Crippen molar-refractivity contribution in [3.8, 4) is 35.0 Å². The van der Waals surface area contributed by atoms with Crippen molar-refractivity contribution in [1.82, 2.24) is 14.9 Å². The smallest absolute Gasteiger partial charge is 0.432 e. The van der Waals surface area contributed by atoms with Crippen LogP contribution in [-0.2, 0) is 11.0 Å². The summed E-state index contributed by atoms with van der Waals surface area (Å²) in [5.74, 6) is 4.72. The number of imidazole rings is 1. The number of aliphatic hydroxyl groups is 1. The first-order chi connectivity index (χ1) is 17.7. The second-order valence-corrected chi connectivity index (χ2v) is 8.34. The highest BCUT2D eigenvalue weighted by molar-refractivity contribution is 6.05. The molecule has 2 aromatic carbocycles. The monoisotopic (exact) mass is 509 g/mol. The van der Waals surface area contributed by atoms with Crippen LogP contribution in [0.1, 0.15) is 23.2 Å². The van der Waals surface area contributed by atoms with Crippen molar-refractivity contribution in [1.29, 1.82) is 5.26 Å². The number of rotatable bonds is 6. The van der Waals surface area contributed by atoms with Gasteiger partial charge in [-0.1, -0.05) is 12.0 Å². The molecule has 1 aromatic heterocycles.